The molecule has 0 saturated heterocycles. The van der Waals surface area contributed by atoms with Crippen LogP contribution >= 0.6 is 23.2 Å². The highest BCUT2D eigenvalue weighted by Gasteiger charge is 2.25. The average molecular weight is 281 g/mol. The van der Waals surface area contributed by atoms with Crippen LogP contribution in [0.3, 0.4) is 0 Å². The standard InChI is InChI=1S/C9H10Cl2N2O4/c10-3-7(14)9(15)5-1-4(11)2-6(8(5)12)13(16)17/h1-2,7,9,14-15H,3,12H2. The molecule has 1 aromatic rings. The van der Waals surface area contributed by atoms with Gasteiger partial charge in [0.1, 0.15) is 11.8 Å². The predicted molar refractivity (Wildman–Crippen MR) is 64.2 cm³/mol. The van der Waals surface area contributed by atoms with Gasteiger partial charge in [0.15, 0.2) is 0 Å². The summed E-state index contributed by atoms with van der Waals surface area (Å²) in [5, 5.41) is 29.8. The van der Waals surface area contributed by atoms with E-state index < -0.39 is 22.8 Å². The minimum Gasteiger partial charge on any atom is -0.393 e. The number of benzene rings is 1. The Morgan fingerprint density at radius 3 is 2.53 bits per heavy atom. The molecular weight excluding hydrogens is 271 g/mol. The molecule has 0 radical (unpaired) electrons. The van der Waals surface area contributed by atoms with Crippen LogP contribution in [-0.2, 0) is 0 Å². The van der Waals surface area contributed by atoms with Crippen molar-refractivity contribution in [3.63, 3.8) is 0 Å². The van der Waals surface area contributed by atoms with Gasteiger partial charge in [-0.2, -0.15) is 0 Å². The molecule has 8 heteroatoms. The molecule has 4 N–H and O–H groups in total. The van der Waals surface area contributed by atoms with E-state index in [1.807, 2.05) is 0 Å². The Kier molecular flexibility index (Phi) is 4.53. The zero-order chi connectivity index (χ0) is 13.2. The summed E-state index contributed by atoms with van der Waals surface area (Å²) < 4.78 is 0. The van der Waals surface area contributed by atoms with Crippen LogP contribution in [-0.4, -0.2) is 27.1 Å². The number of halogens is 2. The van der Waals surface area contributed by atoms with E-state index in [4.69, 9.17) is 28.9 Å². The highest BCUT2D eigenvalue weighted by molar-refractivity contribution is 6.31. The molecule has 0 heterocycles. The van der Waals surface area contributed by atoms with Gasteiger partial charge in [-0.1, -0.05) is 11.6 Å². The zero-order valence-corrected chi connectivity index (χ0v) is 10.0. The second kappa shape index (κ2) is 5.50. The van der Waals surface area contributed by atoms with Crippen molar-refractivity contribution in [3.05, 3.63) is 32.8 Å². The first-order chi connectivity index (χ1) is 7.88. The summed E-state index contributed by atoms with van der Waals surface area (Å²) in [7, 11) is 0. The zero-order valence-electron chi connectivity index (χ0n) is 8.51. The van der Waals surface area contributed by atoms with E-state index in [1.165, 1.54) is 6.07 Å². The molecule has 1 aromatic carbocycles. The Bertz CT molecular complexity index is 441. The van der Waals surface area contributed by atoms with Gasteiger partial charge in [-0.3, -0.25) is 10.1 Å². The fraction of sp³-hybridized carbons (Fsp3) is 0.333. The van der Waals surface area contributed by atoms with Gasteiger partial charge in [0.05, 0.1) is 16.9 Å². The number of hydrogen-bond acceptors (Lipinski definition) is 5. The van der Waals surface area contributed by atoms with Gasteiger partial charge in [-0.05, 0) is 6.07 Å². The number of hydrogen-bond donors (Lipinski definition) is 3. The van der Waals surface area contributed by atoms with Gasteiger partial charge in [0.2, 0.25) is 0 Å². The van der Waals surface area contributed by atoms with Crippen LogP contribution in [0.5, 0.6) is 0 Å². The molecule has 2 atom stereocenters. The highest BCUT2D eigenvalue weighted by atomic mass is 35.5. The number of nitrogens with two attached hydrogens (primary N) is 1. The number of aliphatic hydroxyl groups is 2. The monoisotopic (exact) mass is 280 g/mol. The van der Waals surface area contributed by atoms with Crippen molar-refractivity contribution in [1.82, 2.24) is 0 Å². The molecule has 94 valence electrons. The molecular formula is C9H10Cl2N2O4. The number of nitro benzene ring substituents is 1. The maximum atomic E-state index is 10.7. The number of nitrogens with zero attached hydrogens (tertiary/aromatic N) is 1. The van der Waals surface area contributed by atoms with Crippen molar-refractivity contribution < 1.29 is 15.1 Å². The maximum Gasteiger partial charge on any atom is 0.293 e. The van der Waals surface area contributed by atoms with E-state index in [-0.39, 0.29) is 22.2 Å². The first kappa shape index (κ1) is 14.0. The van der Waals surface area contributed by atoms with Crippen molar-refractivity contribution in [1.29, 1.82) is 0 Å². The van der Waals surface area contributed by atoms with E-state index in [9.17, 15) is 20.3 Å². The molecule has 0 aliphatic rings. The Hall–Kier alpha value is -1.08. The van der Waals surface area contributed by atoms with Crippen molar-refractivity contribution in [3.8, 4) is 0 Å². The van der Waals surface area contributed by atoms with Crippen LogP contribution < -0.4 is 5.73 Å². The lowest BCUT2D eigenvalue weighted by molar-refractivity contribution is -0.384. The number of nitro groups is 1. The normalized spacial score (nSPS) is 14.4. The third-order valence-corrected chi connectivity index (χ3v) is 2.73. The van der Waals surface area contributed by atoms with Crippen molar-refractivity contribution in [2.45, 2.75) is 12.2 Å². The summed E-state index contributed by atoms with van der Waals surface area (Å²) in [5.41, 5.74) is 4.85. The minimum atomic E-state index is -1.43. The SMILES string of the molecule is Nc1c(C(O)C(O)CCl)cc(Cl)cc1[N+](=O)[O-]. The molecule has 0 aliphatic heterocycles. The lowest BCUT2D eigenvalue weighted by Gasteiger charge is -2.17. The van der Waals surface area contributed by atoms with E-state index in [0.29, 0.717) is 0 Å². The van der Waals surface area contributed by atoms with Crippen LogP contribution in [0.2, 0.25) is 5.02 Å². The summed E-state index contributed by atoms with van der Waals surface area (Å²) in [5.74, 6) is -0.235. The van der Waals surface area contributed by atoms with Gasteiger partial charge in [0.25, 0.3) is 5.69 Å². The van der Waals surface area contributed by atoms with Crippen molar-refractivity contribution in [2.24, 2.45) is 0 Å². The summed E-state index contributed by atoms with van der Waals surface area (Å²) in [6.07, 6.45) is -2.71. The van der Waals surface area contributed by atoms with Crippen molar-refractivity contribution >= 4 is 34.6 Å². The van der Waals surface area contributed by atoms with Crippen LogP contribution in [0, 0.1) is 10.1 Å². The Labute approximate surface area is 107 Å². The van der Waals surface area contributed by atoms with Crippen LogP contribution in [0.1, 0.15) is 11.7 Å². The molecule has 0 bridgehead atoms. The van der Waals surface area contributed by atoms with Gasteiger partial charge in [-0.25, -0.2) is 0 Å². The summed E-state index contributed by atoms with van der Waals surface area (Å²) in [6, 6.07) is 2.32. The molecule has 0 saturated carbocycles. The van der Waals surface area contributed by atoms with E-state index >= 15 is 0 Å². The van der Waals surface area contributed by atoms with E-state index in [2.05, 4.69) is 0 Å². The molecule has 0 aliphatic carbocycles. The molecule has 0 aromatic heterocycles. The summed E-state index contributed by atoms with van der Waals surface area (Å²) in [4.78, 5) is 9.97. The minimum absolute atomic E-state index is 0.0163. The summed E-state index contributed by atoms with van der Waals surface area (Å²) in [6.45, 7) is 0. The fourth-order valence-corrected chi connectivity index (χ4v) is 1.70. The van der Waals surface area contributed by atoms with E-state index in [0.717, 1.165) is 6.07 Å². The third-order valence-electron chi connectivity index (χ3n) is 2.19. The van der Waals surface area contributed by atoms with Gasteiger partial charge < -0.3 is 15.9 Å². The first-order valence-corrected chi connectivity index (χ1v) is 5.45. The molecule has 0 spiro atoms. The average Bonchev–Trinajstić information content (AvgIpc) is 2.29. The predicted octanol–water partition coefficient (Wildman–Crippen LogP) is 1.46. The van der Waals surface area contributed by atoms with E-state index in [1.54, 1.807) is 0 Å². The number of rotatable bonds is 4. The Morgan fingerprint density at radius 2 is 2.06 bits per heavy atom. The number of alkyl halides is 1. The number of aliphatic hydroxyl groups excluding tert-OH is 2. The molecule has 1 rings (SSSR count). The largest absolute Gasteiger partial charge is 0.393 e. The highest BCUT2D eigenvalue weighted by Crippen LogP contribution is 2.34. The van der Waals surface area contributed by atoms with Crippen molar-refractivity contribution in [2.75, 3.05) is 11.6 Å². The first-order valence-electron chi connectivity index (χ1n) is 4.54. The molecule has 2 unspecified atom stereocenters. The second-order valence-electron chi connectivity index (χ2n) is 3.35. The molecule has 17 heavy (non-hydrogen) atoms. The summed E-state index contributed by atoms with van der Waals surface area (Å²) >= 11 is 11.0. The number of anilines is 1. The number of nitrogen functional groups attached to an aromatic ring is 1. The Morgan fingerprint density at radius 1 is 1.47 bits per heavy atom. The van der Waals surface area contributed by atoms with Crippen LogP contribution in [0.15, 0.2) is 12.1 Å². The fourth-order valence-electron chi connectivity index (χ4n) is 1.31. The third kappa shape index (κ3) is 2.98. The smallest absolute Gasteiger partial charge is 0.293 e. The van der Waals surface area contributed by atoms with Crippen LogP contribution in [0.25, 0.3) is 0 Å². The quantitative estimate of drug-likeness (QED) is 0.335. The Balaban J connectivity index is 3.29. The lowest BCUT2D eigenvalue weighted by Crippen LogP contribution is -2.21. The molecule has 0 amide bonds. The lowest BCUT2D eigenvalue weighted by atomic mass is 10.0. The van der Waals surface area contributed by atoms with Gasteiger partial charge in [-0.15, -0.1) is 11.6 Å². The molecule has 0 fully saturated rings. The van der Waals surface area contributed by atoms with Crippen LogP contribution in [0.4, 0.5) is 11.4 Å². The molecule has 6 nitrogen and oxygen atoms in total. The second-order valence-corrected chi connectivity index (χ2v) is 4.10. The topological polar surface area (TPSA) is 110 Å². The van der Waals surface area contributed by atoms with Gasteiger partial charge >= 0.3 is 0 Å². The van der Waals surface area contributed by atoms with Gasteiger partial charge in [0, 0.05) is 16.7 Å². The maximum absolute atomic E-state index is 10.7.